The van der Waals surface area contributed by atoms with Gasteiger partial charge in [-0.15, -0.1) is 0 Å². The van der Waals surface area contributed by atoms with Gasteiger partial charge in [-0.2, -0.15) is 0 Å². The number of rotatable bonds is 13. The van der Waals surface area contributed by atoms with E-state index in [-0.39, 0.29) is 16.8 Å². The highest BCUT2D eigenvalue weighted by atomic mass is 35.5. The van der Waals surface area contributed by atoms with E-state index in [0.717, 1.165) is 37.4 Å². The Balaban J connectivity index is 2.28. The monoisotopic (exact) mass is 502 g/mol. The van der Waals surface area contributed by atoms with Gasteiger partial charge in [-0.25, -0.2) is 8.78 Å². The first-order chi connectivity index (χ1) is 16.9. The van der Waals surface area contributed by atoms with Gasteiger partial charge >= 0.3 is 0 Å². The van der Waals surface area contributed by atoms with Crippen molar-refractivity contribution in [3.05, 3.63) is 83.2 Å². The number of nitrogens with zero attached hydrogens (tertiary/aromatic N) is 3. The zero-order valence-corrected chi connectivity index (χ0v) is 21.6. The van der Waals surface area contributed by atoms with Crippen molar-refractivity contribution in [3.63, 3.8) is 0 Å². The molecule has 1 saturated carbocycles. The number of nitrogens with one attached hydrogen (secondary N) is 1. The van der Waals surface area contributed by atoms with Crippen LogP contribution < -0.4 is 5.32 Å². The second-order valence-electron chi connectivity index (χ2n) is 8.68. The minimum atomic E-state index is -0.573. The van der Waals surface area contributed by atoms with Gasteiger partial charge in [-0.05, 0) is 56.0 Å². The summed E-state index contributed by atoms with van der Waals surface area (Å²) in [6, 6.07) is 5.20. The molecule has 0 spiro atoms. The van der Waals surface area contributed by atoms with Crippen molar-refractivity contribution in [1.29, 1.82) is 0 Å². The molecule has 1 fully saturated rings. The standard InChI is InChI=1S/C28H37ClF2N4/c1-5-10-21(28(26(31)19-32-3)34-20-33-23-12-8-7-9-13-23)16-17-35(4)27(11-6-2)22-14-15-24(29)25(30)18-22/h5,10,14-19,23,27,33H,1,3,6-9,11-13,20H2,2,4H3/b17-16-,21-10+,26-19+,34-28?. The number of hydrogen-bond donors (Lipinski definition) is 1. The minimum Gasteiger partial charge on any atom is -0.373 e. The zero-order valence-electron chi connectivity index (χ0n) is 20.8. The van der Waals surface area contributed by atoms with Gasteiger partial charge in [0, 0.05) is 18.7 Å². The molecular weight excluding hydrogens is 466 g/mol. The lowest BCUT2D eigenvalue weighted by molar-refractivity contribution is 0.315. The Kier molecular flexibility index (Phi) is 12.6. The summed E-state index contributed by atoms with van der Waals surface area (Å²) in [6.45, 7) is 9.52. The molecule has 1 atom stereocenters. The van der Waals surface area contributed by atoms with Crippen molar-refractivity contribution in [1.82, 2.24) is 10.2 Å². The summed E-state index contributed by atoms with van der Waals surface area (Å²) < 4.78 is 29.1. The molecule has 4 nitrogen and oxygen atoms in total. The Morgan fingerprint density at radius 2 is 2.06 bits per heavy atom. The molecule has 190 valence electrons. The van der Waals surface area contributed by atoms with E-state index >= 15 is 0 Å². The van der Waals surface area contributed by atoms with Gasteiger partial charge in [-0.3, -0.25) is 15.3 Å². The molecule has 0 saturated heterocycles. The summed E-state index contributed by atoms with van der Waals surface area (Å²) in [6.07, 6.45) is 15.6. The molecule has 0 radical (unpaired) electrons. The molecule has 0 heterocycles. The number of halogens is 3. The van der Waals surface area contributed by atoms with Crippen LogP contribution in [0.2, 0.25) is 5.02 Å². The average molecular weight is 503 g/mol. The highest BCUT2D eigenvalue weighted by Gasteiger charge is 2.17. The first-order valence-corrected chi connectivity index (χ1v) is 12.6. The quantitative estimate of drug-likeness (QED) is 0.221. The van der Waals surface area contributed by atoms with Crippen molar-refractivity contribution >= 4 is 24.0 Å². The van der Waals surface area contributed by atoms with Crippen LogP contribution in [-0.2, 0) is 0 Å². The molecule has 7 heteroatoms. The first-order valence-electron chi connectivity index (χ1n) is 12.2. The number of allylic oxidation sites excluding steroid dienone is 5. The number of hydrogen-bond acceptors (Lipinski definition) is 4. The SMILES string of the molecule is C=C/C=C(\C=C/N(C)C(CCC)c1ccc(Cl)c(F)c1)C(=NCNC1CCCCC1)/C(F)=C\N=C. The van der Waals surface area contributed by atoms with Gasteiger partial charge in [0.2, 0.25) is 0 Å². The second-order valence-corrected chi connectivity index (χ2v) is 9.09. The van der Waals surface area contributed by atoms with E-state index in [4.69, 9.17) is 11.6 Å². The van der Waals surface area contributed by atoms with Crippen LogP contribution in [0.3, 0.4) is 0 Å². The molecule has 1 aliphatic rings. The summed E-state index contributed by atoms with van der Waals surface area (Å²) in [7, 11) is 1.91. The molecule has 1 aromatic rings. The van der Waals surface area contributed by atoms with E-state index in [1.807, 2.05) is 24.2 Å². The summed E-state index contributed by atoms with van der Waals surface area (Å²) in [5.74, 6) is -1.02. The van der Waals surface area contributed by atoms with Crippen LogP contribution in [0.4, 0.5) is 8.78 Å². The molecule has 35 heavy (non-hydrogen) atoms. The maximum absolute atomic E-state index is 14.9. The van der Waals surface area contributed by atoms with Crippen molar-refractivity contribution in [3.8, 4) is 0 Å². The molecule has 1 aliphatic carbocycles. The minimum absolute atomic E-state index is 0.0726. The van der Waals surface area contributed by atoms with Crippen LogP contribution in [0.5, 0.6) is 0 Å². The molecule has 0 aromatic heterocycles. The third-order valence-electron chi connectivity index (χ3n) is 6.10. The molecular formula is C28H37ClF2N4. The van der Waals surface area contributed by atoms with Crippen LogP contribution in [0.15, 0.2) is 76.8 Å². The highest BCUT2D eigenvalue weighted by molar-refractivity contribution is 6.30. The molecule has 2 rings (SSSR count). The maximum atomic E-state index is 14.9. The smallest absolute Gasteiger partial charge is 0.167 e. The zero-order chi connectivity index (χ0) is 25.6. The van der Waals surface area contributed by atoms with Crippen LogP contribution in [0.1, 0.15) is 63.5 Å². The fraction of sp³-hybridized carbons (Fsp3) is 0.429. The molecule has 0 amide bonds. The summed E-state index contributed by atoms with van der Waals surface area (Å²) >= 11 is 5.87. The van der Waals surface area contributed by atoms with E-state index in [1.54, 1.807) is 24.3 Å². The second kappa shape index (κ2) is 15.4. The lowest BCUT2D eigenvalue weighted by atomic mass is 9.96. The van der Waals surface area contributed by atoms with E-state index < -0.39 is 11.6 Å². The lowest BCUT2D eigenvalue weighted by Crippen LogP contribution is -2.31. The van der Waals surface area contributed by atoms with Gasteiger partial charge in [0.15, 0.2) is 5.83 Å². The van der Waals surface area contributed by atoms with Crippen LogP contribution in [0, 0.1) is 5.82 Å². The predicted molar refractivity (Wildman–Crippen MR) is 145 cm³/mol. The van der Waals surface area contributed by atoms with Crippen molar-refractivity contribution in [2.24, 2.45) is 9.98 Å². The Labute approximate surface area is 213 Å². The van der Waals surface area contributed by atoms with Gasteiger partial charge in [0.05, 0.1) is 23.9 Å². The van der Waals surface area contributed by atoms with E-state index in [1.165, 1.54) is 25.3 Å². The third kappa shape index (κ3) is 9.19. The Hall–Kier alpha value is -2.57. The van der Waals surface area contributed by atoms with Gasteiger partial charge in [0.1, 0.15) is 11.5 Å². The molecule has 1 N–H and O–H groups in total. The van der Waals surface area contributed by atoms with Crippen LogP contribution in [0.25, 0.3) is 0 Å². The van der Waals surface area contributed by atoms with E-state index in [9.17, 15) is 8.78 Å². The fourth-order valence-electron chi connectivity index (χ4n) is 4.25. The summed E-state index contributed by atoms with van der Waals surface area (Å²) in [5, 5.41) is 3.51. The Bertz CT molecular complexity index is 962. The topological polar surface area (TPSA) is 40.0 Å². The van der Waals surface area contributed by atoms with Crippen molar-refractivity contribution in [2.75, 3.05) is 13.7 Å². The summed E-state index contributed by atoms with van der Waals surface area (Å²) in [4.78, 5) is 10.1. The molecule has 1 unspecified atom stereocenters. The van der Waals surface area contributed by atoms with Crippen LogP contribution >= 0.6 is 11.6 Å². The summed E-state index contributed by atoms with van der Waals surface area (Å²) in [5.41, 5.74) is 1.55. The number of aliphatic imine (C=N–C) groups is 2. The molecule has 0 aliphatic heterocycles. The molecule has 1 aromatic carbocycles. The first kappa shape index (κ1) is 28.7. The predicted octanol–water partition coefficient (Wildman–Crippen LogP) is 7.71. The Morgan fingerprint density at radius 1 is 1.31 bits per heavy atom. The maximum Gasteiger partial charge on any atom is 0.167 e. The average Bonchev–Trinajstić information content (AvgIpc) is 2.85. The van der Waals surface area contributed by atoms with Gasteiger partial charge in [0.25, 0.3) is 0 Å². The van der Waals surface area contributed by atoms with E-state index in [0.29, 0.717) is 18.3 Å². The van der Waals surface area contributed by atoms with Gasteiger partial charge < -0.3 is 4.90 Å². The van der Waals surface area contributed by atoms with Gasteiger partial charge in [-0.1, -0.05) is 69.0 Å². The lowest BCUT2D eigenvalue weighted by Gasteiger charge is -2.27. The van der Waals surface area contributed by atoms with E-state index in [2.05, 4.69) is 35.5 Å². The van der Waals surface area contributed by atoms with Crippen molar-refractivity contribution < 1.29 is 8.78 Å². The fourth-order valence-corrected chi connectivity index (χ4v) is 4.36. The Morgan fingerprint density at radius 3 is 2.69 bits per heavy atom. The third-order valence-corrected chi connectivity index (χ3v) is 6.40. The van der Waals surface area contributed by atoms with Crippen molar-refractivity contribution in [2.45, 2.75) is 64.0 Å². The largest absolute Gasteiger partial charge is 0.373 e. The van der Waals surface area contributed by atoms with Crippen LogP contribution in [-0.4, -0.2) is 37.1 Å². The normalized spacial score (nSPS) is 17.0. The number of benzene rings is 1. The highest BCUT2D eigenvalue weighted by Crippen LogP contribution is 2.28. The molecule has 0 bridgehead atoms.